The van der Waals surface area contributed by atoms with Crippen LogP contribution in [-0.4, -0.2) is 34.3 Å². The number of hydrogen-bond donors (Lipinski definition) is 3. The van der Waals surface area contributed by atoms with Crippen LogP contribution in [0.25, 0.3) is 5.69 Å². The lowest BCUT2D eigenvalue weighted by atomic mass is 9.93. The van der Waals surface area contributed by atoms with Crippen LogP contribution < -0.4 is 15.5 Å². The summed E-state index contributed by atoms with van der Waals surface area (Å²) in [6.45, 7) is 5.21. The molecule has 1 heterocycles. The Hall–Kier alpha value is -3.16. The van der Waals surface area contributed by atoms with E-state index in [1.165, 1.54) is 19.3 Å². The molecule has 0 saturated heterocycles. The molecule has 37 heavy (non-hydrogen) atoms. The average Bonchev–Trinajstić information content (AvgIpc) is 3.35. The number of nitrogens with one attached hydrogen (secondary N) is 2. The van der Waals surface area contributed by atoms with Crippen LogP contribution in [0.3, 0.4) is 0 Å². The Balaban J connectivity index is 1.73. The Kier molecular flexibility index (Phi) is 8.67. The molecule has 3 aromatic rings. The summed E-state index contributed by atoms with van der Waals surface area (Å²) in [5.74, 6) is -0.610. The first-order valence-corrected chi connectivity index (χ1v) is 13.3. The zero-order valence-electron chi connectivity index (χ0n) is 21.0. The fourth-order valence-electron chi connectivity index (χ4n) is 4.90. The number of urea groups is 1. The molecule has 7 nitrogen and oxygen atoms in total. The maximum absolute atomic E-state index is 13.1. The molecule has 0 aliphatic heterocycles. The summed E-state index contributed by atoms with van der Waals surface area (Å²) < 4.78 is 1.60. The number of hydrogen-bond acceptors (Lipinski definition) is 3. The van der Waals surface area contributed by atoms with Gasteiger partial charge in [-0.3, -0.25) is 0 Å². The molecular weight excluding hydrogens is 511 g/mol. The molecule has 4 rings (SSSR count). The summed E-state index contributed by atoms with van der Waals surface area (Å²) in [4.78, 5) is 27.3. The summed E-state index contributed by atoms with van der Waals surface area (Å²) in [5.41, 5.74) is 2.72. The van der Waals surface area contributed by atoms with Gasteiger partial charge in [-0.05, 0) is 67.3 Å². The molecule has 0 atom stereocenters. The van der Waals surface area contributed by atoms with E-state index in [0.717, 1.165) is 25.1 Å². The van der Waals surface area contributed by atoms with Crippen molar-refractivity contribution in [1.29, 1.82) is 0 Å². The predicted molar refractivity (Wildman–Crippen MR) is 151 cm³/mol. The highest BCUT2D eigenvalue weighted by Crippen LogP contribution is 2.35. The van der Waals surface area contributed by atoms with E-state index in [-0.39, 0.29) is 5.69 Å². The molecule has 0 unspecified atom stereocenters. The average molecular weight is 543 g/mol. The molecule has 1 fully saturated rings. The molecule has 196 valence electrons. The van der Waals surface area contributed by atoms with E-state index in [2.05, 4.69) is 29.4 Å². The summed E-state index contributed by atoms with van der Waals surface area (Å²) in [7, 11) is 0. The molecular formula is C28H32Cl2N4O3. The lowest BCUT2D eigenvalue weighted by Crippen LogP contribution is -2.40. The van der Waals surface area contributed by atoms with Crippen molar-refractivity contribution in [3.8, 4) is 5.69 Å². The summed E-state index contributed by atoms with van der Waals surface area (Å²) >= 11 is 12.3. The van der Waals surface area contributed by atoms with E-state index < -0.39 is 12.0 Å². The zero-order valence-corrected chi connectivity index (χ0v) is 22.5. The van der Waals surface area contributed by atoms with Crippen LogP contribution in [0.1, 0.15) is 56.4 Å². The van der Waals surface area contributed by atoms with Crippen LogP contribution in [0.4, 0.5) is 21.9 Å². The van der Waals surface area contributed by atoms with Crippen molar-refractivity contribution in [1.82, 2.24) is 4.57 Å². The molecule has 3 N–H and O–H groups in total. The summed E-state index contributed by atoms with van der Waals surface area (Å²) in [5, 5.41) is 16.2. The van der Waals surface area contributed by atoms with Gasteiger partial charge < -0.3 is 25.2 Å². The van der Waals surface area contributed by atoms with E-state index in [1.807, 2.05) is 18.2 Å². The number of halogens is 2. The van der Waals surface area contributed by atoms with Crippen molar-refractivity contribution >= 4 is 52.3 Å². The fraction of sp³-hybridized carbons (Fsp3) is 0.357. The third-order valence-corrected chi connectivity index (χ3v) is 7.09. The molecule has 2 amide bonds. The lowest BCUT2D eigenvalue weighted by Gasteiger charge is -2.38. The Morgan fingerprint density at radius 3 is 2.43 bits per heavy atom. The number of nitrogens with zero attached hydrogens (tertiary/aromatic N) is 2. The number of aromatic nitrogens is 1. The number of amides is 2. The van der Waals surface area contributed by atoms with Gasteiger partial charge in [-0.25, -0.2) is 9.59 Å². The molecule has 9 heteroatoms. The van der Waals surface area contributed by atoms with Gasteiger partial charge in [-0.1, -0.05) is 56.3 Å². The first kappa shape index (κ1) is 26.9. The number of aromatic carboxylic acids is 1. The normalized spacial score (nSPS) is 14.0. The second-order valence-corrected chi connectivity index (χ2v) is 10.7. The Morgan fingerprint density at radius 1 is 1.03 bits per heavy atom. The maximum atomic E-state index is 13.1. The van der Waals surface area contributed by atoms with Crippen LogP contribution in [0.2, 0.25) is 10.0 Å². The number of carboxylic acids is 1. The minimum atomic E-state index is -1.03. The van der Waals surface area contributed by atoms with Gasteiger partial charge in [0.1, 0.15) is 5.69 Å². The van der Waals surface area contributed by atoms with Crippen molar-refractivity contribution in [3.05, 3.63) is 70.5 Å². The van der Waals surface area contributed by atoms with Gasteiger partial charge in [-0.2, -0.15) is 0 Å². The topological polar surface area (TPSA) is 86.6 Å². The van der Waals surface area contributed by atoms with Crippen molar-refractivity contribution in [3.63, 3.8) is 0 Å². The Morgan fingerprint density at radius 2 is 1.76 bits per heavy atom. The zero-order chi connectivity index (χ0) is 26.5. The van der Waals surface area contributed by atoms with Gasteiger partial charge in [0.05, 0.1) is 22.1 Å². The first-order valence-electron chi connectivity index (χ1n) is 12.6. The summed E-state index contributed by atoms with van der Waals surface area (Å²) in [6.07, 6.45) is 7.50. The second kappa shape index (κ2) is 11.9. The molecule has 0 radical (unpaired) electrons. The standard InChI is InChI=1S/C28H32Cl2N4O3/c1-18(2)17-34(20-7-4-3-5-8-20)25-13-11-21(33-14-6-9-26(33)27(35)36)16-24(25)32-28(37)31-23-12-10-19(29)15-22(23)30/h6,9-16,18,20H,3-5,7-8,17H2,1-2H3,(H,35,36)(H2,31,32,37). The largest absolute Gasteiger partial charge is 0.477 e. The van der Waals surface area contributed by atoms with Crippen LogP contribution in [-0.2, 0) is 0 Å². The third kappa shape index (κ3) is 6.59. The van der Waals surface area contributed by atoms with Crippen molar-refractivity contribution in [2.24, 2.45) is 5.92 Å². The van der Waals surface area contributed by atoms with E-state index >= 15 is 0 Å². The number of carbonyl (C=O) groups excluding carboxylic acids is 1. The molecule has 1 saturated carbocycles. The van der Waals surface area contributed by atoms with Gasteiger partial charge in [0, 0.05) is 29.5 Å². The number of anilines is 3. The molecule has 0 spiro atoms. The highest BCUT2D eigenvalue weighted by atomic mass is 35.5. The van der Waals surface area contributed by atoms with Gasteiger partial charge in [-0.15, -0.1) is 0 Å². The van der Waals surface area contributed by atoms with Crippen molar-refractivity contribution in [2.45, 2.75) is 52.0 Å². The highest BCUT2D eigenvalue weighted by molar-refractivity contribution is 6.36. The van der Waals surface area contributed by atoms with Crippen LogP contribution >= 0.6 is 23.2 Å². The van der Waals surface area contributed by atoms with Gasteiger partial charge in [0.25, 0.3) is 0 Å². The predicted octanol–water partition coefficient (Wildman–Crippen LogP) is 7.92. The smallest absolute Gasteiger partial charge is 0.352 e. The van der Waals surface area contributed by atoms with Crippen LogP contribution in [0, 0.1) is 5.92 Å². The SMILES string of the molecule is CC(C)CN(c1ccc(-n2cccc2C(=O)O)cc1NC(=O)Nc1ccc(Cl)cc1Cl)C1CCCCC1. The molecule has 1 aromatic heterocycles. The minimum Gasteiger partial charge on any atom is -0.477 e. The van der Waals surface area contributed by atoms with E-state index in [9.17, 15) is 14.7 Å². The minimum absolute atomic E-state index is 0.141. The van der Waals surface area contributed by atoms with Crippen molar-refractivity contribution in [2.75, 3.05) is 22.1 Å². The second-order valence-electron chi connectivity index (χ2n) is 9.81. The van der Waals surface area contributed by atoms with Gasteiger partial charge >= 0.3 is 12.0 Å². The molecule has 1 aliphatic carbocycles. The van der Waals surface area contributed by atoms with Crippen LogP contribution in [0.15, 0.2) is 54.7 Å². The first-order chi connectivity index (χ1) is 17.7. The maximum Gasteiger partial charge on any atom is 0.352 e. The van der Waals surface area contributed by atoms with E-state index in [0.29, 0.717) is 39.1 Å². The number of carbonyl (C=O) groups is 2. The van der Waals surface area contributed by atoms with Gasteiger partial charge in [0.15, 0.2) is 0 Å². The Labute approximate surface area is 227 Å². The quantitative estimate of drug-likeness (QED) is 0.269. The fourth-order valence-corrected chi connectivity index (χ4v) is 5.36. The van der Waals surface area contributed by atoms with Gasteiger partial charge in [0.2, 0.25) is 0 Å². The monoisotopic (exact) mass is 542 g/mol. The highest BCUT2D eigenvalue weighted by Gasteiger charge is 2.25. The molecule has 1 aliphatic rings. The number of carboxylic acid groups (broad SMARTS) is 1. The molecule has 0 bridgehead atoms. The van der Waals surface area contributed by atoms with E-state index in [1.54, 1.807) is 41.1 Å². The number of rotatable bonds is 8. The third-order valence-electron chi connectivity index (χ3n) is 6.54. The van der Waals surface area contributed by atoms with Crippen LogP contribution in [0.5, 0.6) is 0 Å². The van der Waals surface area contributed by atoms with Crippen molar-refractivity contribution < 1.29 is 14.7 Å². The Bertz CT molecular complexity index is 1270. The van der Waals surface area contributed by atoms with E-state index in [4.69, 9.17) is 23.2 Å². The molecule has 2 aromatic carbocycles. The summed E-state index contributed by atoms with van der Waals surface area (Å²) in [6, 6.07) is 13.7. The number of benzene rings is 2. The lowest BCUT2D eigenvalue weighted by molar-refractivity contribution is 0.0688.